The molecule has 2 aromatic rings. The molecule has 0 radical (unpaired) electrons. The number of benzene rings is 2. The minimum Gasteiger partial charge on any atom is -0.497 e. The summed E-state index contributed by atoms with van der Waals surface area (Å²) in [5.41, 5.74) is 12.0. The maximum absolute atomic E-state index is 5.44. The van der Waals surface area contributed by atoms with Gasteiger partial charge >= 0.3 is 0 Å². The van der Waals surface area contributed by atoms with E-state index in [9.17, 15) is 0 Å². The molecule has 2 rings (SSSR count). The molecule has 0 atom stereocenters. The third kappa shape index (κ3) is 4.93. The second kappa shape index (κ2) is 8.10. The number of thiocarbonyl (C=S) groups is 1. The van der Waals surface area contributed by atoms with Crippen LogP contribution >= 0.6 is 12.2 Å². The van der Waals surface area contributed by atoms with Crippen molar-refractivity contribution in [3.8, 4) is 5.75 Å². The Kier molecular flexibility index (Phi) is 5.88. The van der Waals surface area contributed by atoms with E-state index in [0.29, 0.717) is 0 Å². The summed E-state index contributed by atoms with van der Waals surface area (Å²) in [6, 6.07) is 17.9. The Bertz CT molecular complexity index is 722. The van der Waals surface area contributed by atoms with Gasteiger partial charge in [0.15, 0.2) is 5.11 Å². The van der Waals surface area contributed by atoms with E-state index in [1.54, 1.807) is 7.11 Å². The van der Waals surface area contributed by atoms with Crippen molar-refractivity contribution in [3.05, 3.63) is 65.7 Å². The van der Waals surface area contributed by atoms with E-state index in [1.807, 2.05) is 61.5 Å². The quantitative estimate of drug-likeness (QED) is 0.383. The van der Waals surface area contributed by atoms with Crippen LogP contribution in [-0.2, 0) is 0 Å². The molecule has 2 aromatic carbocycles. The highest BCUT2D eigenvalue weighted by molar-refractivity contribution is 7.80. The number of hydrazone groups is 1. The molecule has 5 heteroatoms. The molecule has 0 unspecified atom stereocenters. The average molecular weight is 325 g/mol. The number of ether oxygens (including phenoxy) is 1. The lowest BCUT2D eigenvalue weighted by Crippen LogP contribution is -2.25. The van der Waals surface area contributed by atoms with E-state index >= 15 is 0 Å². The molecule has 0 saturated carbocycles. The molecule has 0 fully saturated rings. The van der Waals surface area contributed by atoms with Crippen molar-refractivity contribution < 1.29 is 4.74 Å². The zero-order chi connectivity index (χ0) is 16.7. The number of methoxy groups -OCH3 is 1. The third-order valence-corrected chi connectivity index (χ3v) is 3.33. The largest absolute Gasteiger partial charge is 0.497 e. The first kappa shape index (κ1) is 16.7. The molecule has 0 heterocycles. The Morgan fingerprint density at radius 2 is 1.78 bits per heavy atom. The van der Waals surface area contributed by atoms with Crippen LogP contribution in [0.25, 0.3) is 11.6 Å². The lowest BCUT2D eigenvalue weighted by molar-refractivity contribution is 0.415. The van der Waals surface area contributed by atoms with Crippen molar-refractivity contribution in [1.82, 2.24) is 5.43 Å². The Hall–Kier alpha value is -2.66. The van der Waals surface area contributed by atoms with Crippen molar-refractivity contribution in [2.45, 2.75) is 6.92 Å². The third-order valence-electron chi connectivity index (χ3n) is 3.24. The van der Waals surface area contributed by atoms with Gasteiger partial charge in [0.05, 0.1) is 12.8 Å². The normalized spacial score (nSPS) is 11.9. The Balaban J connectivity index is 2.41. The highest BCUT2D eigenvalue weighted by atomic mass is 32.1. The van der Waals surface area contributed by atoms with Crippen LogP contribution in [0.2, 0.25) is 0 Å². The van der Waals surface area contributed by atoms with Crippen LogP contribution in [0.15, 0.2) is 59.7 Å². The zero-order valence-corrected chi connectivity index (χ0v) is 13.9. The van der Waals surface area contributed by atoms with Crippen molar-refractivity contribution in [2.24, 2.45) is 10.8 Å². The fraction of sp³-hybridized carbons (Fsp3) is 0.111. The summed E-state index contributed by atoms with van der Waals surface area (Å²) in [7, 11) is 1.65. The lowest BCUT2D eigenvalue weighted by Gasteiger charge is -2.09. The standard InChI is InChI=1S/C18H19N3OS/c1-13(20-21-18(19)23)17(15-6-4-3-5-7-15)12-14-8-10-16(22-2)11-9-14/h3-12H,1-2H3,(H3,19,21,23)/b17-12+,20-13+. The van der Waals surface area contributed by atoms with Gasteiger partial charge in [0.1, 0.15) is 5.75 Å². The first-order valence-corrected chi connectivity index (χ1v) is 7.52. The summed E-state index contributed by atoms with van der Waals surface area (Å²) in [5, 5.41) is 4.38. The molecule has 23 heavy (non-hydrogen) atoms. The molecule has 0 aliphatic heterocycles. The van der Waals surface area contributed by atoms with Gasteiger partial charge in [-0.3, -0.25) is 5.43 Å². The molecule has 4 nitrogen and oxygen atoms in total. The van der Waals surface area contributed by atoms with Gasteiger partial charge in [-0.2, -0.15) is 5.10 Å². The average Bonchev–Trinajstić information content (AvgIpc) is 2.59. The summed E-state index contributed by atoms with van der Waals surface area (Å²) >= 11 is 4.80. The molecular formula is C18H19N3OS. The van der Waals surface area contributed by atoms with E-state index in [1.165, 1.54) is 0 Å². The van der Waals surface area contributed by atoms with Crippen LogP contribution in [0, 0.1) is 0 Å². The monoisotopic (exact) mass is 325 g/mol. The van der Waals surface area contributed by atoms with Crippen molar-refractivity contribution in [2.75, 3.05) is 7.11 Å². The highest BCUT2D eigenvalue weighted by Crippen LogP contribution is 2.21. The van der Waals surface area contributed by atoms with Gasteiger partial charge in [-0.1, -0.05) is 42.5 Å². The summed E-state index contributed by atoms with van der Waals surface area (Å²) in [5.74, 6) is 0.823. The zero-order valence-electron chi connectivity index (χ0n) is 13.1. The second-order valence-corrected chi connectivity index (χ2v) is 5.31. The van der Waals surface area contributed by atoms with Crippen LogP contribution in [0.5, 0.6) is 5.75 Å². The van der Waals surface area contributed by atoms with Gasteiger partial charge in [-0.15, -0.1) is 0 Å². The summed E-state index contributed by atoms with van der Waals surface area (Å²) in [6.45, 7) is 1.91. The highest BCUT2D eigenvalue weighted by Gasteiger charge is 2.06. The van der Waals surface area contributed by atoms with E-state index in [2.05, 4.69) is 16.6 Å². The van der Waals surface area contributed by atoms with E-state index in [4.69, 9.17) is 22.7 Å². The second-order valence-electron chi connectivity index (χ2n) is 4.87. The molecule has 0 bridgehead atoms. The van der Waals surface area contributed by atoms with Crippen LogP contribution in [0.4, 0.5) is 0 Å². The first-order valence-electron chi connectivity index (χ1n) is 7.11. The molecule has 3 N–H and O–H groups in total. The minimum absolute atomic E-state index is 0.140. The summed E-state index contributed by atoms with van der Waals surface area (Å²) < 4.78 is 5.19. The van der Waals surface area contributed by atoms with Gasteiger partial charge < -0.3 is 10.5 Å². The maximum Gasteiger partial charge on any atom is 0.184 e. The predicted molar refractivity (Wildman–Crippen MR) is 100 cm³/mol. The minimum atomic E-state index is 0.140. The molecule has 0 aromatic heterocycles. The molecule has 118 valence electrons. The van der Waals surface area contributed by atoms with Gasteiger partial charge in [-0.25, -0.2) is 0 Å². The van der Waals surface area contributed by atoms with Crippen LogP contribution in [0.3, 0.4) is 0 Å². The number of nitrogens with one attached hydrogen (secondary N) is 1. The number of allylic oxidation sites excluding steroid dienone is 1. The Morgan fingerprint density at radius 3 is 2.35 bits per heavy atom. The molecule has 0 spiro atoms. The topological polar surface area (TPSA) is 59.6 Å². The molecular weight excluding hydrogens is 306 g/mol. The van der Waals surface area contributed by atoms with Crippen LogP contribution in [-0.4, -0.2) is 17.9 Å². The molecule has 0 aliphatic rings. The van der Waals surface area contributed by atoms with Crippen LogP contribution < -0.4 is 15.9 Å². The number of nitrogens with zero attached hydrogens (tertiary/aromatic N) is 1. The fourth-order valence-electron chi connectivity index (χ4n) is 2.08. The molecule has 0 aliphatic carbocycles. The van der Waals surface area contributed by atoms with Gasteiger partial charge in [0.2, 0.25) is 0 Å². The van der Waals surface area contributed by atoms with Crippen molar-refractivity contribution in [3.63, 3.8) is 0 Å². The smallest absolute Gasteiger partial charge is 0.184 e. The van der Waals surface area contributed by atoms with Crippen LogP contribution in [0.1, 0.15) is 18.1 Å². The van der Waals surface area contributed by atoms with E-state index < -0.39 is 0 Å². The van der Waals surface area contributed by atoms with Gasteiger partial charge in [-0.05, 0) is 48.5 Å². The summed E-state index contributed by atoms with van der Waals surface area (Å²) in [6.07, 6.45) is 2.06. The number of nitrogens with two attached hydrogens (primary N) is 1. The number of hydrogen-bond acceptors (Lipinski definition) is 3. The van der Waals surface area contributed by atoms with Crippen molar-refractivity contribution >= 4 is 34.7 Å². The van der Waals surface area contributed by atoms with Gasteiger partial charge in [0.25, 0.3) is 0 Å². The summed E-state index contributed by atoms with van der Waals surface area (Å²) in [4.78, 5) is 0. The number of rotatable bonds is 5. The predicted octanol–water partition coefficient (Wildman–Crippen LogP) is 3.44. The fourth-order valence-corrected chi connectivity index (χ4v) is 2.13. The number of hydrogen-bond donors (Lipinski definition) is 2. The van der Waals surface area contributed by atoms with E-state index in [0.717, 1.165) is 28.2 Å². The van der Waals surface area contributed by atoms with Gasteiger partial charge in [0, 0.05) is 5.57 Å². The maximum atomic E-state index is 5.44. The van der Waals surface area contributed by atoms with Crippen molar-refractivity contribution in [1.29, 1.82) is 0 Å². The Morgan fingerprint density at radius 1 is 1.13 bits per heavy atom. The lowest BCUT2D eigenvalue weighted by atomic mass is 9.99. The SMILES string of the molecule is COc1ccc(/C=C(\C(C)=N\NC(N)=S)c2ccccc2)cc1. The Labute approximate surface area is 141 Å². The molecule has 0 saturated heterocycles. The van der Waals surface area contributed by atoms with E-state index in [-0.39, 0.29) is 5.11 Å². The first-order chi connectivity index (χ1) is 11.1. The molecule has 0 amide bonds.